The number of thioether (sulfide) groups is 1. The molecule has 186 valence electrons. The van der Waals surface area contributed by atoms with Gasteiger partial charge >= 0.3 is 5.97 Å². The molecule has 6 nitrogen and oxygen atoms in total. The summed E-state index contributed by atoms with van der Waals surface area (Å²) < 4.78 is 5.34. The molecule has 2 fully saturated rings. The number of aromatic nitrogens is 1. The molecule has 1 aromatic heterocycles. The molecule has 1 aromatic carbocycles. The van der Waals surface area contributed by atoms with E-state index in [9.17, 15) is 15.0 Å². The standard InChI is InChI=1S/C27H38N2O4S/c1-33-20-8-9-25-23(17-20)22(11-13-28-25)26(30)10-7-19-12-14-29(18-24(19)27(31)32)15-16-34-21-5-3-2-4-6-21/h8-9,11,13,17,19,21,24,26,30H,2-7,10,12,14-16,18H2,1H3,(H,31,32)/t19-,24+,26+/m1/s1. The molecule has 1 saturated heterocycles. The molecular formula is C27H38N2O4S. The van der Waals surface area contributed by atoms with Gasteiger partial charge in [-0.15, -0.1) is 0 Å². The van der Waals surface area contributed by atoms with Crippen molar-refractivity contribution in [2.45, 2.75) is 62.7 Å². The van der Waals surface area contributed by atoms with E-state index in [4.69, 9.17) is 4.74 Å². The molecule has 3 atom stereocenters. The van der Waals surface area contributed by atoms with Crippen LogP contribution in [0.2, 0.25) is 0 Å². The molecule has 2 heterocycles. The van der Waals surface area contributed by atoms with Gasteiger partial charge in [0.05, 0.1) is 24.6 Å². The van der Waals surface area contributed by atoms with Crippen LogP contribution in [0, 0.1) is 11.8 Å². The number of carboxylic acids is 1. The molecule has 2 N–H and O–H groups in total. The van der Waals surface area contributed by atoms with Gasteiger partial charge in [0.25, 0.3) is 0 Å². The number of carbonyl (C=O) groups is 1. The highest BCUT2D eigenvalue weighted by Crippen LogP contribution is 2.34. The maximum atomic E-state index is 12.1. The molecule has 1 aliphatic carbocycles. The van der Waals surface area contributed by atoms with E-state index in [-0.39, 0.29) is 11.8 Å². The van der Waals surface area contributed by atoms with Crippen LogP contribution in [-0.2, 0) is 4.79 Å². The average molecular weight is 487 g/mol. The second kappa shape index (κ2) is 12.2. The maximum Gasteiger partial charge on any atom is 0.308 e. The first-order valence-electron chi connectivity index (χ1n) is 12.7. The Labute approximate surface area is 207 Å². The van der Waals surface area contributed by atoms with Crippen LogP contribution in [0.1, 0.15) is 63.0 Å². The third-order valence-corrected chi connectivity index (χ3v) is 8.98. The van der Waals surface area contributed by atoms with E-state index in [0.29, 0.717) is 19.4 Å². The van der Waals surface area contributed by atoms with Crippen LogP contribution in [0.5, 0.6) is 5.75 Å². The highest BCUT2D eigenvalue weighted by atomic mass is 32.2. The van der Waals surface area contributed by atoms with Crippen molar-refractivity contribution in [3.63, 3.8) is 0 Å². The van der Waals surface area contributed by atoms with Crippen LogP contribution in [-0.4, -0.2) is 63.8 Å². The Hall–Kier alpha value is -1.83. The Bertz CT molecular complexity index is 949. The Morgan fingerprint density at radius 1 is 1.24 bits per heavy atom. The normalized spacial score (nSPS) is 23.1. The number of aliphatic hydroxyl groups is 1. The fraction of sp³-hybridized carbons (Fsp3) is 0.630. The summed E-state index contributed by atoms with van der Waals surface area (Å²) in [6.07, 6.45) is 9.97. The van der Waals surface area contributed by atoms with Gasteiger partial charge in [0, 0.05) is 35.7 Å². The van der Waals surface area contributed by atoms with Crippen molar-refractivity contribution in [2.24, 2.45) is 11.8 Å². The van der Waals surface area contributed by atoms with Crippen molar-refractivity contribution < 1.29 is 19.7 Å². The van der Waals surface area contributed by atoms with Gasteiger partial charge in [-0.1, -0.05) is 19.3 Å². The van der Waals surface area contributed by atoms with E-state index in [2.05, 4.69) is 21.6 Å². The number of hydrogen-bond donors (Lipinski definition) is 2. The molecule has 0 bridgehead atoms. The minimum atomic E-state index is -0.705. The molecule has 2 aromatic rings. The third kappa shape index (κ3) is 6.43. The predicted molar refractivity (Wildman–Crippen MR) is 137 cm³/mol. The minimum Gasteiger partial charge on any atom is -0.497 e. The van der Waals surface area contributed by atoms with Crippen LogP contribution >= 0.6 is 11.8 Å². The van der Waals surface area contributed by atoms with Crippen molar-refractivity contribution in [2.75, 3.05) is 32.5 Å². The fourth-order valence-electron chi connectivity index (χ4n) is 5.57. The zero-order valence-corrected chi connectivity index (χ0v) is 21.0. The lowest BCUT2D eigenvalue weighted by atomic mass is 9.81. The first kappa shape index (κ1) is 25.3. The highest BCUT2D eigenvalue weighted by molar-refractivity contribution is 7.99. The number of ether oxygens (including phenoxy) is 1. The maximum absolute atomic E-state index is 12.1. The summed E-state index contributed by atoms with van der Waals surface area (Å²) >= 11 is 2.08. The summed E-state index contributed by atoms with van der Waals surface area (Å²) in [5.41, 5.74) is 1.65. The number of methoxy groups -OCH3 is 1. The van der Waals surface area contributed by atoms with Crippen LogP contribution in [0.15, 0.2) is 30.5 Å². The number of aliphatic hydroxyl groups excluding tert-OH is 1. The summed E-state index contributed by atoms with van der Waals surface area (Å²) in [7, 11) is 1.63. The van der Waals surface area contributed by atoms with Gasteiger partial charge < -0.3 is 19.8 Å². The zero-order chi connectivity index (χ0) is 23.9. The number of aliphatic carboxylic acids is 1. The average Bonchev–Trinajstić information content (AvgIpc) is 2.87. The predicted octanol–water partition coefficient (Wildman–Crippen LogP) is 5.15. The molecule has 34 heavy (non-hydrogen) atoms. The highest BCUT2D eigenvalue weighted by Gasteiger charge is 2.34. The van der Waals surface area contributed by atoms with Gasteiger partial charge in [-0.3, -0.25) is 9.78 Å². The summed E-state index contributed by atoms with van der Waals surface area (Å²) in [6, 6.07) is 7.52. The van der Waals surface area contributed by atoms with Crippen LogP contribution in [0.4, 0.5) is 0 Å². The number of benzene rings is 1. The van der Waals surface area contributed by atoms with E-state index in [0.717, 1.165) is 52.7 Å². The smallest absolute Gasteiger partial charge is 0.308 e. The summed E-state index contributed by atoms with van der Waals surface area (Å²) in [6.45, 7) is 2.55. The van der Waals surface area contributed by atoms with E-state index >= 15 is 0 Å². The van der Waals surface area contributed by atoms with Gasteiger partial charge in [-0.05, 0) is 74.4 Å². The van der Waals surface area contributed by atoms with Gasteiger partial charge in [0.15, 0.2) is 0 Å². The third-order valence-electron chi connectivity index (χ3n) is 7.62. The number of rotatable bonds is 10. The molecule has 2 aliphatic rings. The number of fused-ring (bicyclic) bond motifs is 1. The molecule has 1 saturated carbocycles. The van der Waals surface area contributed by atoms with Crippen molar-refractivity contribution >= 4 is 28.6 Å². The molecule has 0 unspecified atom stereocenters. The van der Waals surface area contributed by atoms with Crippen molar-refractivity contribution in [1.29, 1.82) is 0 Å². The SMILES string of the molecule is COc1ccc2nccc([C@@H](O)CC[C@@H]3CCN(CCSC4CCCCC4)C[C@@H]3C(=O)O)c2c1. The lowest BCUT2D eigenvalue weighted by Gasteiger charge is -2.37. The largest absolute Gasteiger partial charge is 0.497 e. The molecule has 7 heteroatoms. The van der Waals surface area contributed by atoms with E-state index in [1.165, 1.54) is 32.1 Å². The Balaban J connectivity index is 1.31. The van der Waals surface area contributed by atoms with E-state index < -0.39 is 12.1 Å². The van der Waals surface area contributed by atoms with Crippen LogP contribution in [0.25, 0.3) is 10.9 Å². The first-order valence-corrected chi connectivity index (χ1v) is 13.8. The van der Waals surface area contributed by atoms with Gasteiger partial charge in [0.1, 0.15) is 5.75 Å². The monoisotopic (exact) mass is 486 g/mol. The van der Waals surface area contributed by atoms with Gasteiger partial charge in [-0.25, -0.2) is 0 Å². The Morgan fingerprint density at radius 2 is 2.06 bits per heavy atom. The van der Waals surface area contributed by atoms with Crippen LogP contribution in [0.3, 0.4) is 0 Å². The molecule has 4 rings (SSSR count). The fourth-order valence-corrected chi connectivity index (χ4v) is 6.93. The van der Waals surface area contributed by atoms with Crippen LogP contribution < -0.4 is 4.74 Å². The number of carboxylic acid groups (broad SMARTS) is 1. The number of likely N-dealkylation sites (tertiary alicyclic amines) is 1. The lowest BCUT2D eigenvalue weighted by Crippen LogP contribution is -2.44. The number of hydrogen-bond acceptors (Lipinski definition) is 6. The van der Waals surface area contributed by atoms with Crippen molar-refractivity contribution in [3.05, 3.63) is 36.0 Å². The van der Waals surface area contributed by atoms with E-state index in [1.54, 1.807) is 13.3 Å². The van der Waals surface area contributed by atoms with Gasteiger partial charge in [0.2, 0.25) is 0 Å². The van der Waals surface area contributed by atoms with Gasteiger partial charge in [-0.2, -0.15) is 11.8 Å². The van der Waals surface area contributed by atoms with Crippen molar-refractivity contribution in [3.8, 4) is 5.75 Å². The van der Waals surface area contributed by atoms with E-state index in [1.807, 2.05) is 24.3 Å². The topological polar surface area (TPSA) is 82.9 Å². The molecular weight excluding hydrogens is 448 g/mol. The summed E-state index contributed by atoms with van der Waals surface area (Å²) in [5.74, 6) is 0.850. The quantitative estimate of drug-likeness (QED) is 0.481. The molecule has 1 aliphatic heterocycles. The molecule has 0 spiro atoms. The zero-order valence-electron chi connectivity index (χ0n) is 20.2. The second-order valence-electron chi connectivity index (χ2n) is 9.80. The summed E-state index contributed by atoms with van der Waals surface area (Å²) in [5, 5.41) is 22.6. The number of piperidine rings is 1. The number of nitrogens with zero attached hydrogens (tertiary/aromatic N) is 2. The number of pyridine rings is 1. The molecule has 0 amide bonds. The molecule has 0 radical (unpaired) electrons. The Kier molecular flexibility index (Phi) is 9.09. The Morgan fingerprint density at radius 3 is 2.82 bits per heavy atom. The first-order chi connectivity index (χ1) is 16.5. The second-order valence-corrected chi connectivity index (χ2v) is 11.2. The minimum absolute atomic E-state index is 0.0945. The van der Waals surface area contributed by atoms with Crippen molar-refractivity contribution in [1.82, 2.24) is 9.88 Å². The lowest BCUT2D eigenvalue weighted by molar-refractivity contribution is -0.146. The summed E-state index contributed by atoms with van der Waals surface area (Å²) in [4.78, 5) is 18.8.